The second kappa shape index (κ2) is 3.18. The molecule has 1 aliphatic carbocycles. The molecule has 0 radical (unpaired) electrons. The first-order valence-electron chi connectivity index (χ1n) is 5.04. The molecule has 0 spiro atoms. The van der Waals surface area contributed by atoms with Gasteiger partial charge in [0, 0.05) is 23.7 Å². The Morgan fingerprint density at radius 3 is 3.12 bits per heavy atom. The number of aromatic carboxylic acids is 1. The van der Waals surface area contributed by atoms with E-state index < -0.39 is 5.97 Å². The number of hydrogen-bond acceptors (Lipinski definition) is 3. The molecule has 0 bridgehead atoms. The summed E-state index contributed by atoms with van der Waals surface area (Å²) in [4.78, 5) is 12.5. The molecule has 0 saturated carbocycles. The Hall–Kier alpha value is -1.62. The summed E-state index contributed by atoms with van der Waals surface area (Å²) in [6.07, 6.45) is 3.89. The van der Waals surface area contributed by atoms with Crippen LogP contribution in [0, 0.1) is 0 Å². The Bertz CT molecular complexity index is 583. The number of fused-ring (bicyclic) bond motifs is 3. The molecular formula is C11H10N2O2S. The fourth-order valence-electron chi connectivity index (χ4n) is 2.12. The molecule has 1 aliphatic rings. The van der Waals surface area contributed by atoms with E-state index in [0.29, 0.717) is 4.88 Å². The number of hydrogen-bond donors (Lipinski definition) is 1. The molecular weight excluding hydrogens is 224 g/mol. The Morgan fingerprint density at radius 1 is 1.56 bits per heavy atom. The summed E-state index contributed by atoms with van der Waals surface area (Å²) in [5, 5.41) is 13.4. The summed E-state index contributed by atoms with van der Waals surface area (Å²) < 4.78 is 1.79. The van der Waals surface area contributed by atoms with Crippen molar-refractivity contribution >= 4 is 17.3 Å². The second-order valence-electron chi connectivity index (χ2n) is 3.93. The number of carboxylic acid groups (broad SMARTS) is 1. The highest BCUT2D eigenvalue weighted by molar-refractivity contribution is 7.14. The van der Waals surface area contributed by atoms with Crippen LogP contribution in [0.5, 0.6) is 0 Å². The first kappa shape index (κ1) is 9.59. The molecule has 0 aromatic carbocycles. The van der Waals surface area contributed by atoms with Crippen molar-refractivity contribution in [3.63, 3.8) is 0 Å². The van der Waals surface area contributed by atoms with Gasteiger partial charge in [-0.15, -0.1) is 11.3 Å². The van der Waals surface area contributed by atoms with E-state index in [1.165, 1.54) is 16.9 Å². The fourth-order valence-corrected chi connectivity index (χ4v) is 3.11. The van der Waals surface area contributed by atoms with E-state index in [1.54, 1.807) is 10.7 Å². The van der Waals surface area contributed by atoms with E-state index >= 15 is 0 Å². The average molecular weight is 234 g/mol. The van der Waals surface area contributed by atoms with Crippen molar-refractivity contribution < 1.29 is 9.90 Å². The van der Waals surface area contributed by atoms with Gasteiger partial charge in [-0.2, -0.15) is 5.10 Å². The Balaban J connectivity index is 2.19. The van der Waals surface area contributed by atoms with Crippen LogP contribution in [0.2, 0.25) is 0 Å². The summed E-state index contributed by atoms with van der Waals surface area (Å²) in [5.41, 5.74) is 3.17. The lowest BCUT2D eigenvalue weighted by atomic mass is 9.97. The van der Waals surface area contributed by atoms with E-state index in [2.05, 4.69) is 5.10 Å². The van der Waals surface area contributed by atoms with Crippen molar-refractivity contribution in [1.29, 1.82) is 0 Å². The number of thiophene rings is 1. The van der Waals surface area contributed by atoms with E-state index in [4.69, 9.17) is 5.11 Å². The molecule has 16 heavy (non-hydrogen) atoms. The van der Waals surface area contributed by atoms with Crippen molar-refractivity contribution in [3.8, 4) is 11.3 Å². The molecule has 5 heteroatoms. The topological polar surface area (TPSA) is 55.1 Å². The number of aromatic nitrogens is 2. The van der Waals surface area contributed by atoms with E-state index in [9.17, 15) is 4.79 Å². The van der Waals surface area contributed by atoms with Gasteiger partial charge >= 0.3 is 5.97 Å². The van der Waals surface area contributed by atoms with Crippen LogP contribution in [0.1, 0.15) is 20.1 Å². The van der Waals surface area contributed by atoms with Crippen LogP contribution in [0.15, 0.2) is 12.3 Å². The quantitative estimate of drug-likeness (QED) is 0.820. The van der Waals surface area contributed by atoms with Crippen LogP contribution in [-0.2, 0) is 19.9 Å². The molecule has 2 aromatic heterocycles. The third kappa shape index (κ3) is 1.28. The highest BCUT2D eigenvalue weighted by Gasteiger charge is 2.23. The minimum Gasteiger partial charge on any atom is -0.477 e. The van der Waals surface area contributed by atoms with Crippen LogP contribution in [0.4, 0.5) is 0 Å². The predicted molar refractivity (Wildman–Crippen MR) is 60.9 cm³/mol. The van der Waals surface area contributed by atoms with Crippen LogP contribution < -0.4 is 0 Å². The molecule has 2 aromatic rings. The number of rotatable bonds is 1. The predicted octanol–water partition coefficient (Wildman–Crippen LogP) is 1.95. The van der Waals surface area contributed by atoms with Crippen LogP contribution in [0.25, 0.3) is 11.3 Å². The monoisotopic (exact) mass is 234 g/mol. The average Bonchev–Trinajstić information content (AvgIpc) is 2.77. The largest absolute Gasteiger partial charge is 0.477 e. The summed E-state index contributed by atoms with van der Waals surface area (Å²) in [5.74, 6) is -0.850. The van der Waals surface area contributed by atoms with Crippen LogP contribution in [0.3, 0.4) is 0 Å². The van der Waals surface area contributed by atoms with Gasteiger partial charge in [0.25, 0.3) is 0 Å². The van der Waals surface area contributed by atoms with E-state index in [1.807, 2.05) is 13.2 Å². The number of carboxylic acids is 1. The van der Waals surface area contributed by atoms with Crippen molar-refractivity contribution in [2.24, 2.45) is 7.05 Å². The molecule has 0 unspecified atom stereocenters. The highest BCUT2D eigenvalue weighted by Crippen LogP contribution is 2.37. The van der Waals surface area contributed by atoms with Gasteiger partial charge in [0.15, 0.2) is 0 Å². The van der Waals surface area contributed by atoms with Crippen molar-refractivity contribution in [2.45, 2.75) is 12.8 Å². The maximum Gasteiger partial charge on any atom is 0.345 e. The molecule has 4 nitrogen and oxygen atoms in total. The molecule has 2 heterocycles. The first-order chi connectivity index (χ1) is 7.65. The van der Waals surface area contributed by atoms with Gasteiger partial charge in [-0.3, -0.25) is 4.68 Å². The normalized spacial score (nSPS) is 13.3. The number of nitrogens with zero attached hydrogens (tertiary/aromatic N) is 2. The minimum absolute atomic E-state index is 0.406. The summed E-state index contributed by atoms with van der Waals surface area (Å²) in [6, 6.07) is 1.74. The zero-order chi connectivity index (χ0) is 11.3. The van der Waals surface area contributed by atoms with Gasteiger partial charge in [0.1, 0.15) is 4.88 Å². The molecule has 0 saturated heterocycles. The smallest absolute Gasteiger partial charge is 0.345 e. The Labute approximate surface area is 96.1 Å². The van der Waals surface area contributed by atoms with Gasteiger partial charge in [0.2, 0.25) is 0 Å². The second-order valence-corrected chi connectivity index (χ2v) is 5.07. The standard InChI is InChI=1S/C11H10N2O2S/c1-13-5-6-2-3-8-7(10(6)12-13)4-9(16-8)11(14)15/h4-5H,2-3H2,1H3,(H,14,15). The summed E-state index contributed by atoms with van der Waals surface area (Å²) in [7, 11) is 1.89. The molecule has 0 aliphatic heterocycles. The van der Waals surface area contributed by atoms with Gasteiger partial charge in [0.05, 0.1) is 5.69 Å². The Morgan fingerprint density at radius 2 is 2.38 bits per heavy atom. The number of aryl methyl sites for hydroxylation is 3. The SMILES string of the molecule is Cn1cc2c(n1)-c1cc(C(=O)O)sc1CC2. The van der Waals surface area contributed by atoms with Crippen molar-refractivity contribution in [2.75, 3.05) is 0 Å². The van der Waals surface area contributed by atoms with Crippen molar-refractivity contribution in [3.05, 3.63) is 27.6 Å². The lowest BCUT2D eigenvalue weighted by Crippen LogP contribution is -1.98. The van der Waals surface area contributed by atoms with Gasteiger partial charge < -0.3 is 5.11 Å². The molecule has 0 amide bonds. The summed E-state index contributed by atoms with van der Waals surface area (Å²) in [6.45, 7) is 0. The van der Waals surface area contributed by atoms with E-state index in [-0.39, 0.29) is 0 Å². The lowest BCUT2D eigenvalue weighted by Gasteiger charge is -2.08. The minimum atomic E-state index is -0.850. The maximum absolute atomic E-state index is 10.9. The maximum atomic E-state index is 10.9. The first-order valence-corrected chi connectivity index (χ1v) is 5.85. The van der Waals surface area contributed by atoms with E-state index in [0.717, 1.165) is 29.0 Å². The third-order valence-corrected chi connectivity index (χ3v) is 3.98. The zero-order valence-electron chi connectivity index (χ0n) is 8.73. The van der Waals surface area contributed by atoms with Gasteiger partial charge in [-0.25, -0.2) is 4.79 Å². The molecule has 0 fully saturated rings. The van der Waals surface area contributed by atoms with Crippen LogP contribution in [-0.4, -0.2) is 20.9 Å². The van der Waals surface area contributed by atoms with Crippen molar-refractivity contribution in [1.82, 2.24) is 9.78 Å². The Kier molecular flexibility index (Phi) is 1.91. The summed E-state index contributed by atoms with van der Waals surface area (Å²) >= 11 is 1.37. The number of carbonyl (C=O) groups is 1. The molecule has 1 N–H and O–H groups in total. The molecule has 82 valence electrons. The zero-order valence-corrected chi connectivity index (χ0v) is 9.54. The molecule has 0 atom stereocenters. The third-order valence-electron chi connectivity index (χ3n) is 2.80. The van der Waals surface area contributed by atoms with Gasteiger partial charge in [-0.1, -0.05) is 0 Å². The fraction of sp³-hybridized carbons (Fsp3) is 0.273. The van der Waals surface area contributed by atoms with Gasteiger partial charge in [-0.05, 0) is 24.5 Å². The lowest BCUT2D eigenvalue weighted by molar-refractivity contribution is 0.0702. The highest BCUT2D eigenvalue weighted by atomic mass is 32.1. The molecule has 3 rings (SSSR count). The van der Waals surface area contributed by atoms with Crippen LogP contribution >= 0.6 is 11.3 Å².